The van der Waals surface area contributed by atoms with Crippen LogP contribution in [0.4, 0.5) is 0 Å². The molecule has 0 atom stereocenters. The first-order valence-electron chi connectivity index (χ1n) is 50.7. The van der Waals surface area contributed by atoms with Gasteiger partial charge in [0.15, 0.2) is 23.3 Å². The molecule has 27 rings (SSSR count). The minimum Gasteiger partial charge on any atom is -0.292 e. The molecule has 0 bridgehead atoms. The summed E-state index contributed by atoms with van der Waals surface area (Å²) in [5, 5.41) is 16.2. The zero-order chi connectivity index (χ0) is 100. The van der Waals surface area contributed by atoms with Gasteiger partial charge >= 0.3 is 0 Å². The third-order valence-electron chi connectivity index (χ3n) is 29.7. The average molecular weight is 1880 g/mol. The Bertz CT molecular complexity index is 9550. The Morgan fingerprint density at radius 3 is 1.03 bits per heavy atom. The van der Waals surface area contributed by atoms with E-state index in [1.54, 1.807) is 0 Å². The van der Waals surface area contributed by atoms with E-state index in [2.05, 4.69) is 484 Å². The molecule has 145 heavy (non-hydrogen) atoms. The maximum Gasteiger partial charge on any atom is 0.163 e. The van der Waals surface area contributed by atoms with Gasteiger partial charge < -0.3 is 0 Å². The molecule has 2 aliphatic rings. The predicted molar refractivity (Wildman–Crippen MR) is 608 cm³/mol. The number of imidazole rings is 3. The summed E-state index contributed by atoms with van der Waals surface area (Å²) in [6.45, 7) is 42.5. The molecular formula is C133H118N12. The van der Waals surface area contributed by atoms with Gasteiger partial charge in [0.1, 0.15) is 28.6 Å². The highest BCUT2D eigenvalue weighted by Crippen LogP contribution is 2.53. The largest absolute Gasteiger partial charge is 0.292 e. The quantitative estimate of drug-likeness (QED) is 0.158. The van der Waals surface area contributed by atoms with Gasteiger partial charge in [-0.3, -0.25) is 13.2 Å². The maximum atomic E-state index is 5.10. The van der Waals surface area contributed by atoms with Crippen LogP contribution in [0.5, 0.6) is 0 Å². The fraction of sp³-hybridized carbons (Fsp3) is 0.195. The fourth-order valence-electron chi connectivity index (χ4n) is 21.7. The molecule has 17 aromatic carbocycles. The number of para-hydroxylation sites is 6. The number of pyridine rings is 3. The number of nitrogens with zero attached hydrogens (tertiary/aromatic N) is 12. The van der Waals surface area contributed by atoms with Crippen LogP contribution in [0.2, 0.25) is 0 Å². The van der Waals surface area contributed by atoms with Crippen molar-refractivity contribution in [2.75, 3.05) is 0 Å². The summed E-state index contributed by atoms with van der Waals surface area (Å²) in [4.78, 5) is 44.4. The van der Waals surface area contributed by atoms with Crippen molar-refractivity contribution < 1.29 is 0 Å². The van der Waals surface area contributed by atoms with E-state index < -0.39 is 0 Å². The molecule has 0 saturated heterocycles. The van der Waals surface area contributed by atoms with E-state index in [1.807, 2.05) is 30.3 Å². The van der Waals surface area contributed by atoms with Crippen LogP contribution in [-0.4, -0.2) is 58.1 Å². The molecule has 0 aliphatic heterocycles. The first-order chi connectivity index (χ1) is 69.6. The van der Waals surface area contributed by atoms with E-state index in [1.165, 1.54) is 153 Å². The van der Waals surface area contributed by atoms with Gasteiger partial charge in [0.05, 0.1) is 49.7 Å². The lowest BCUT2D eigenvalue weighted by Gasteiger charge is -2.22. The lowest BCUT2D eigenvalue weighted by molar-refractivity contribution is 0.543. The van der Waals surface area contributed by atoms with E-state index in [4.69, 9.17) is 44.9 Å². The van der Waals surface area contributed by atoms with Crippen molar-refractivity contribution >= 4 is 137 Å². The Hall–Kier alpha value is -16.3. The van der Waals surface area contributed by atoms with Crippen molar-refractivity contribution in [1.82, 2.24) is 58.1 Å². The minimum atomic E-state index is -0.199. The zero-order valence-corrected chi connectivity index (χ0v) is 86.1. The number of fused-ring (bicyclic) bond motifs is 33. The van der Waals surface area contributed by atoms with Gasteiger partial charge in [-0.2, -0.15) is 0 Å². The Balaban J connectivity index is 0.000000101. The predicted octanol–water partition coefficient (Wildman–Crippen LogP) is 34.2. The standard InChI is InChI=1S/C32H29N3.C28H27N3.C27H22N2.2C23H20N2/c1-31(2,3)30-34-28(22-15-14-20-10-6-7-11-21(20)18-22)33-29(35-30)23-16-17-25-24-12-8-9-13-26(24)32(4,5)27(25)19-23;1-27(2,3)26-30-24(18-11-7-6-8-12-18)29-25(31-26)19-15-16-21-20-13-9-10-14-22(20)28(4,5)23(21)17-19;1-27(2,3)18-13-15-20-21-14-12-17-8-4-5-9-19(17)25(21)26-28-22-10-6-7-11-23(22)29(26)24(20)16-18;1-23(2,3)15-12-13-17-16-8-4-5-9-18(16)22-24-19-10-6-7-11-20(19)25(22)21(17)14-15;1-23(2,3)15-12-13-20-18(14-15)16-8-4-5-9-17(16)22-24-19-10-6-7-11-21(19)25(20)22/h6-19H,1-5H3;6-17H,1-5H3;4-16H,1-3H3;2*4-14H,1-3H3. The Kier molecular flexibility index (Phi) is 22.2. The van der Waals surface area contributed by atoms with Crippen LogP contribution in [0.3, 0.4) is 0 Å². The highest BCUT2D eigenvalue weighted by atomic mass is 15.1. The summed E-state index contributed by atoms with van der Waals surface area (Å²) < 4.78 is 6.98. The normalized spacial score (nSPS) is 13.3. The molecule has 0 amide bonds. The number of aromatic nitrogens is 12. The van der Waals surface area contributed by atoms with E-state index in [0.29, 0.717) is 5.82 Å². The lowest BCUT2D eigenvalue weighted by Crippen LogP contribution is -2.18. The molecule has 0 spiro atoms. The molecule has 0 N–H and O–H groups in total. The van der Waals surface area contributed by atoms with Crippen molar-refractivity contribution in [3.05, 3.63) is 421 Å². The summed E-state index contributed by atoms with van der Waals surface area (Å²) in [5.74, 6) is 4.50. The fourth-order valence-corrected chi connectivity index (χ4v) is 21.7. The van der Waals surface area contributed by atoms with Crippen LogP contribution in [0, 0.1) is 0 Å². The van der Waals surface area contributed by atoms with Crippen molar-refractivity contribution in [2.45, 2.75) is 169 Å². The van der Waals surface area contributed by atoms with E-state index >= 15 is 0 Å². The molecule has 710 valence electrons. The number of benzene rings is 17. The third kappa shape index (κ3) is 16.3. The van der Waals surface area contributed by atoms with Crippen molar-refractivity contribution in [3.8, 4) is 67.8 Å². The van der Waals surface area contributed by atoms with Gasteiger partial charge in [-0.15, -0.1) is 0 Å². The summed E-state index contributed by atoms with van der Waals surface area (Å²) in [6, 6.07) is 132. The summed E-state index contributed by atoms with van der Waals surface area (Å²) in [6.07, 6.45) is 0. The molecule has 8 heterocycles. The van der Waals surface area contributed by atoms with Crippen molar-refractivity contribution in [2.24, 2.45) is 0 Å². The molecule has 0 saturated carbocycles. The summed E-state index contributed by atoms with van der Waals surface area (Å²) >= 11 is 0. The van der Waals surface area contributed by atoms with E-state index in [-0.39, 0.29) is 37.9 Å². The molecule has 2 aliphatic carbocycles. The summed E-state index contributed by atoms with van der Waals surface area (Å²) in [5.41, 5.74) is 32.0. The highest BCUT2D eigenvalue weighted by Gasteiger charge is 2.38. The number of hydrogen-bond acceptors (Lipinski definition) is 9. The zero-order valence-electron chi connectivity index (χ0n) is 86.1. The molecule has 12 nitrogen and oxygen atoms in total. The van der Waals surface area contributed by atoms with Gasteiger partial charge in [0.2, 0.25) is 0 Å². The summed E-state index contributed by atoms with van der Waals surface area (Å²) in [7, 11) is 0. The van der Waals surface area contributed by atoms with Gasteiger partial charge in [-0.05, 0) is 194 Å². The van der Waals surface area contributed by atoms with Gasteiger partial charge in [-0.1, -0.05) is 423 Å². The Morgan fingerprint density at radius 2 is 0.538 bits per heavy atom. The number of hydrogen-bond donors (Lipinski definition) is 0. The molecule has 12 heteroatoms. The van der Waals surface area contributed by atoms with Crippen LogP contribution in [-0.2, 0) is 37.9 Å². The highest BCUT2D eigenvalue weighted by molar-refractivity contribution is 6.23. The van der Waals surface area contributed by atoms with Gasteiger partial charge in [0.25, 0.3) is 0 Å². The second-order valence-electron chi connectivity index (χ2n) is 45.4. The second kappa shape index (κ2) is 34.8. The van der Waals surface area contributed by atoms with Crippen LogP contribution in [0.15, 0.2) is 370 Å². The first-order valence-corrected chi connectivity index (χ1v) is 50.7. The van der Waals surface area contributed by atoms with Gasteiger partial charge in [-0.25, -0.2) is 44.9 Å². The average Bonchev–Trinajstić information content (AvgIpc) is 1.61. The molecular weight excluding hydrogens is 1770 g/mol. The molecule has 8 aromatic heterocycles. The van der Waals surface area contributed by atoms with Crippen LogP contribution in [0.25, 0.3) is 204 Å². The maximum absolute atomic E-state index is 5.10. The van der Waals surface area contributed by atoms with Crippen LogP contribution < -0.4 is 0 Å². The van der Waals surface area contributed by atoms with Crippen LogP contribution >= 0.6 is 0 Å². The van der Waals surface area contributed by atoms with Crippen LogP contribution in [0.1, 0.15) is 182 Å². The topological polar surface area (TPSA) is 129 Å². The lowest BCUT2D eigenvalue weighted by atomic mass is 9.82. The van der Waals surface area contributed by atoms with Crippen molar-refractivity contribution in [3.63, 3.8) is 0 Å². The smallest absolute Gasteiger partial charge is 0.163 e. The molecule has 0 fully saturated rings. The van der Waals surface area contributed by atoms with Gasteiger partial charge in [0, 0.05) is 76.2 Å². The molecule has 25 aromatic rings. The minimum absolute atomic E-state index is 0.0515. The number of rotatable bonds is 4. The third-order valence-corrected chi connectivity index (χ3v) is 29.7. The SMILES string of the molecule is CC(C)(C)c1ccc2c(c1)c1ccccc1c1nc3ccccc3n21.CC(C)(C)c1ccc2c3ccc4ccccc4c3c3nc4ccccc4n3c2c1.CC(C)(C)c1ccc2c3ccccc3c3nc4ccccc4n3c2c1.CC(C)(C)c1nc(-c2ccc3c(c2)C(C)(C)c2ccccc2-3)nc(-c2ccc3ccccc3c2)n1.CC(C)(C)c1nc(-c2ccccc2)nc(-c2ccc3c(c2)C(C)(C)c2ccccc2-3)n1. The second-order valence-corrected chi connectivity index (χ2v) is 45.4. The monoisotopic (exact) mass is 1880 g/mol. The van der Waals surface area contributed by atoms with E-state index in [0.717, 1.165) is 95.9 Å². The van der Waals surface area contributed by atoms with Crippen molar-refractivity contribution in [1.29, 1.82) is 0 Å². The molecule has 0 unspecified atom stereocenters. The van der Waals surface area contributed by atoms with E-state index in [9.17, 15) is 0 Å². The Morgan fingerprint density at radius 1 is 0.193 bits per heavy atom. The first kappa shape index (κ1) is 92.4. The Labute approximate surface area is 846 Å². The molecule has 0 radical (unpaired) electrons.